The lowest BCUT2D eigenvalue weighted by atomic mass is 9.78. The van der Waals surface area contributed by atoms with Gasteiger partial charge in [-0.15, -0.1) is 0 Å². The van der Waals surface area contributed by atoms with Crippen molar-refractivity contribution in [3.8, 4) is 11.8 Å². The minimum absolute atomic E-state index is 0.704. The molecule has 0 amide bonds. The topological polar surface area (TPSA) is 0 Å². The molecule has 2 aliphatic rings. The lowest BCUT2D eigenvalue weighted by molar-refractivity contribution is 0.297. The first-order valence-corrected chi connectivity index (χ1v) is 10.5. The first-order valence-electron chi connectivity index (χ1n) is 10.5. The highest BCUT2D eigenvalue weighted by Crippen LogP contribution is 2.33. The third kappa shape index (κ3) is 7.29. The third-order valence-electron chi connectivity index (χ3n) is 6.14. The predicted octanol–water partition coefficient (Wildman–Crippen LogP) is 7.32. The molecular weight excluding hydrogens is 288 g/mol. The van der Waals surface area contributed by atoms with Crippen LogP contribution < -0.4 is 0 Å². The highest BCUT2D eigenvalue weighted by Gasteiger charge is 2.21. The number of hydrogen-bond acceptors (Lipinski definition) is 0. The van der Waals surface area contributed by atoms with Gasteiger partial charge in [-0.05, 0) is 103 Å². The van der Waals surface area contributed by atoms with Crippen molar-refractivity contribution in [1.82, 2.24) is 0 Å². The van der Waals surface area contributed by atoms with Crippen LogP contribution in [0.5, 0.6) is 0 Å². The van der Waals surface area contributed by atoms with Crippen LogP contribution in [-0.2, 0) is 0 Å². The quantitative estimate of drug-likeness (QED) is 0.354. The van der Waals surface area contributed by atoms with Crippen LogP contribution in [0, 0.1) is 35.5 Å². The zero-order valence-corrected chi connectivity index (χ0v) is 16.1. The van der Waals surface area contributed by atoms with Crippen LogP contribution in [0.15, 0.2) is 24.3 Å². The Morgan fingerprint density at radius 1 is 0.625 bits per heavy atom. The number of allylic oxidation sites excluding steroid dienone is 4. The summed E-state index contributed by atoms with van der Waals surface area (Å²) in [5.74, 6) is 10.7. The zero-order valence-electron chi connectivity index (χ0n) is 16.1. The Bertz CT molecular complexity index is 388. The summed E-state index contributed by atoms with van der Waals surface area (Å²) in [4.78, 5) is 0. The minimum atomic E-state index is 0.704. The molecule has 0 bridgehead atoms. The summed E-state index contributed by atoms with van der Waals surface area (Å²) in [5.41, 5.74) is 0. The maximum atomic E-state index is 3.67. The highest BCUT2D eigenvalue weighted by atomic mass is 14.3. The van der Waals surface area contributed by atoms with Gasteiger partial charge in [0.2, 0.25) is 0 Å². The van der Waals surface area contributed by atoms with Crippen LogP contribution in [0.25, 0.3) is 0 Å². The van der Waals surface area contributed by atoms with Crippen LogP contribution >= 0.6 is 0 Å². The molecule has 0 saturated heterocycles. The van der Waals surface area contributed by atoms with E-state index in [1.165, 1.54) is 77.0 Å². The van der Waals surface area contributed by atoms with Crippen LogP contribution in [0.2, 0.25) is 0 Å². The fourth-order valence-corrected chi connectivity index (χ4v) is 4.42. The van der Waals surface area contributed by atoms with Crippen LogP contribution in [0.1, 0.15) is 90.9 Å². The lowest BCUT2D eigenvalue weighted by Gasteiger charge is -2.27. The van der Waals surface area contributed by atoms with Crippen molar-refractivity contribution in [3.05, 3.63) is 24.3 Å². The van der Waals surface area contributed by atoms with Gasteiger partial charge in [0.05, 0.1) is 0 Å². The predicted molar refractivity (Wildman–Crippen MR) is 107 cm³/mol. The Kier molecular flexibility index (Phi) is 9.34. The van der Waals surface area contributed by atoms with Crippen molar-refractivity contribution >= 4 is 0 Å². The summed E-state index contributed by atoms with van der Waals surface area (Å²) in [5, 5.41) is 0. The number of hydrogen-bond donors (Lipinski definition) is 0. The Hall–Kier alpha value is -0.960. The van der Waals surface area contributed by atoms with E-state index in [9.17, 15) is 0 Å². The normalized spacial score (nSPS) is 31.2. The van der Waals surface area contributed by atoms with Crippen molar-refractivity contribution < 1.29 is 0 Å². The molecule has 0 atom stereocenters. The van der Waals surface area contributed by atoms with Crippen molar-refractivity contribution in [2.24, 2.45) is 23.7 Å². The van der Waals surface area contributed by atoms with Crippen LogP contribution in [0.4, 0.5) is 0 Å². The molecule has 134 valence electrons. The van der Waals surface area contributed by atoms with E-state index < -0.39 is 0 Å². The number of rotatable bonds is 6. The second kappa shape index (κ2) is 11.6. The maximum Gasteiger partial charge on any atom is 0.0203 e. The van der Waals surface area contributed by atoms with Gasteiger partial charge in [0.1, 0.15) is 0 Å². The fourth-order valence-electron chi connectivity index (χ4n) is 4.42. The van der Waals surface area contributed by atoms with Crippen molar-refractivity contribution in [1.29, 1.82) is 0 Å². The van der Waals surface area contributed by atoms with E-state index in [0.717, 1.165) is 11.8 Å². The van der Waals surface area contributed by atoms with Gasteiger partial charge in [-0.1, -0.05) is 36.1 Å². The molecular formula is C24H38. The van der Waals surface area contributed by atoms with Crippen molar-refractivity contribution in [2.75, 3.05) is 0 Å². The molecule has 0 aliphatic heterocycles. The molecule has 24 heavy (non-hydrogen) atoms. The zero-order chi connectivity index (χ0) is 17.0. The molecule has 0 nitrogen and oxygen atoms in total. The minimum Gasteiger partial charge on any atom is -0.0996 e. The summed E-state index contributed by atoms with van der Waals surface area (Å²) in [6.45, 7) is 4.25. The molecule has 0 heteroatoms. The summed E-state index contributed by atoms with van der Waals surface area (Å²) in [6, 6.07) is 0. The summed E-state index contributed by atoms with van der Waals surface area (Å²) in [7, 11) is 0. The van der Waals surface area contributed by atoms with E-state index in [1.54, 1.807) is 0 Å². The molecule has 0 aromatic heterocycles. The Labute approximate surface area is 151 Å². The molecule has 0 aromatic rings. The van der Waals surface area contributed by atoms with Crippen LogP contribution in [-0.4, -0.2) is 0 Å². The standard InChI is InChI=1S/C24H38/c1-3-5-7-9-21-11-15-23(16-12-21)19-20-24-17-13-22(14-18-24)10-8-6-4-2/h3-6,21-24H,7-18H2,1-2H3/b5-3+,6-4+. The molecule has 0 spiro atoms. The molecule has 0 radical (unpaired) electrons. The van der Waals surface area contributed by atoms with Gasteiger partial charge in [0, 0.05) is 11.8 Å². The van der Waals surface area contributed by atoms with Crippen LogP contribution in [0.3, 0.4) is 0 Å². The van der Waals surface area contributed by atoms with Gasteiger partial charge in [-0.3, -0.25) is 0 Å². The molecule has 2 saturated carbocycles. The van der Waals surface area contributed by atoms with Gasteiger partial charge in [0.15, 0.2) is 0 Å². The Morgan fingerprint density at radius 3 is 1.33 bits per heavy atom. The molecule has 0 heterocycles. The monoisotopic (exact) mass is 326 g/mol. The average molecular weight is 327 g/mol. The van der Waals surface area contributed by atoms with Gasteiger partial charge in [-0.25, -0.2) is 0 Å². The first kappa shape index (κ1) is 19.4. The van der Waals surface area contributed by atoms with Gasteiger partial charge in [-0.2, -0.15) is 0 Å². The van der Waals surface area contributed by atoms with Gasteiger partial charge < -0.3 is 0 Å². The molecule has 0 aromatic carbocycles. The van der Waals surface area contributed by atoms with E-state index in [4.69, 9.17) is 0 Å². The second-order valence-electron chi connectivity index (χ2n) is 8.02. The van der Waals surface area contributed by atoms with Crippen molar-refractivity contribution in [2.45, 2.75) is 90.9 Å². The van der Waals surface area contributed by atoms with E-state index >= 15 is 0 Å². The highest BCUT2D eigenvalue weighted by molar-refractivity contribution is 5.09. The largest absolute Gasteiger partial charge is 0.0996 e. The van der Waals surface area contributed by atoms with Crippen molar-refractivity contribution in [3.63, 3.8) is 0 Å². The maximum absolute atomic E-state index is 3.67. The Morgan fingerprint density at radius 2 is 1.00 bits per heavy atom. The molecule has 2 aliphatic carbocycles. The SMILES string of the molecule is C/C=C/CCC1CCC(C#CC2CCC(CC/C=C/C)CC2)CC1. The first-order chi connectivity index (χ1) is 11.8. The molecule has 0 unspecified atom stereocenters. The second-order valence-corrected chi connectivity index (χ2v) is 8.02. The Balaban J connectivity index is 1.62. The van der Waals surface area contributed by atoms with E-state index in [0.29, 0.717) is 11.8 Å². The van der Waals surface area contributed by atoms with Gasteiger partial charge >= 0.3 is 0 Å². The molecule has 0 N–H and O–H groups in total. The van der Waals surface area contributed by atoms with Gasteiger partial charge in [0.25, 0.3) is 0 Å². The third-order valence-corrected chi connectivity index (χ3v) is 6.14. The van der Waals surface area contributed by atoms with E-state index in [-0.39, 0.29) is 0 Å². The van der Waals surface area contributed by atoms with E-state index in [2.05, 4.69) is 50.0 Å². The average Bonchev–Trinajstić information content (AvgIpc) is 2.63. The summed E-state index contributed by atoms with van der Waals surface area (Å²) < 4.78 is 0. The lowest BCUT2D eigenvalue weighted by Crippen LogP contribution is -2.15. The smallest absolute Gasteiger partial charge is 0.0203 e. The summed E-state index contributed by atoms with van der Waals surface area (Å²) in [6.07, 6.45) is 25.4. The van der Waals surface area contributed by atoms with E-state index in [1.807, 2.05) is 0 Å². The summed E-state index contributed by atoms with van der Waals surface area (Å²) >= 11 is 0. The molecule has 2 fully saturated rings. The fraction of sp³-hybridized carbons (Fsp3) is 0.750. The molecule has 2 rings (SSSR count).